The lowest BCUT2D eigenvalue weighted by Gasteiger charge is -2.21. The second-order valence-electron chi connectivity index (χ2n) is 6.03. The molecule has 0 unspecified atom stereocenters. The van der Waals surface area contributed by atoms with E-state index < -0.39 is 7.82 Å². The lowest BCUT2D eigenvalue weighted by molar-refractivity contribution is 0.152. The molecule has 0 saturated carbocycles. The van der Waals surface area contributed by atoms with Crippen LogP contribution in [-0.2, 0) is 13.6 Å². The van der Waals surface area contributed by atoms with Gasteiger partial charge in [-0.25, -0.2) is 4.57 Å². The first kappa shape index (κ1) is 26.2. The van der Waals surface area contributed by atoms with Gasteiger partial charge in [-0.2, -0.15) is 0 Å². The molecule has 0 aliphatic heterocycles. The fourth-order valence-corrected chi connectivity index (χ4v) is 4.36. The molecule has 0 spiro atoms. The largest absolute Gasteiger partial charge is 0.530 e. The van der Waals surface area contributed by atoms with E-state index >= 15 is 0 Å². The Bertz CT molecular complexity index is 629. The van der Waals surface area contributed by atoms with Crippen molar-refractivity contribution in [3.05, 3.63) is 20.1 Å². The lowest BCUT2D eigenvalue weighted by Crippen LogP contribution is -2.06. The van der Waals surface area contributed by atoms with Crippen molar-refractivity contribution in [1.82, 2.24) is 0 Å². The molecule has 0 atom stereocenters. The van der Waals surface area contributed by atoms with Gasteiger partial charge in [-0.1, -0.05) is 86.4 Å². The quantitative estimate of drug-likeness (QED) is 0.147. The first-order valence-corrected chi connectivity index (χ1v) is 12.4. The molecule has 28 heavy (non-hydrogen) atoms. The average Bonchev–Trinajstić information content (AvgIpc) is 2.67. The van der Waals surface area contributed by atoms with Gasteiger partial charge in [0, 0.05) is 0 Å². The molecule has 0 N–H and O–H groups in total. The number of rotatable bonds is 14. The van der Waals surface area contributed by atoms with Crippen LogP contribution in [0.4, 0.5) is 0 Å². The average molecular weight is 496 g/mol. The maximum absolute atomic E-state index is 13.1. The van der Waals surface area contributed by atoms with Crippen molar-refractivity contribution >= 4 is 54.2 Å². The number of hydrogen-bond donors (Lipinski definition) is 0. The summed E-state index contributed by atoms with van der Waals surface area (Å²) in [7, 11) is -3.96. The van der Waals surface area contributed by atoms with Gasteiger partial charge in [0.25, 0.3) is 0 Å². The van der Waals surface area contributed by atoms with Crippen LogP contribution < -0.4 is 9.26 Å². The van der Waals surface area contributed by atoms with E-state index in [0.29, 0.717) is 19.4 Å². The Morgan fingerprint density at radius 3 is 1.50 bits per heavy atom. The molecule has 10 heteroatoms. The molecule has 0 amide bonds. The summed E-state index contributed by atoms with van der Waals surface area (Å²) in [6.07, 6.45) is 4.85. The smallest absolute Gasteiger partial charge is 0.490 e. The second-order valence-corrected chi connectivity index (χ2v) is 9.13. The summed E-state index contributed by atoms with van der Waals surface area (Å²) in [6.45, 7) is 6.80. The fraction of sp³-hybridized carbons (Fsp3) is 0.667. The molecular formula is C18H27Cl4O5P. The topological polar surface area (TPSA) is 54.0 Å². The molecule has 1 rings (SSSR count). The van der Waals surface area contributed by atoms with E-state index in [2.05, 4.69) is 0 Å². The molecule has 0 radical (unpaired) electrons. The van der Waals surface area contributed by atoms with E-state index in [1.165, 1.54) is 0 Å². The maximum Gasteiger partial charge on any atom is 0.530 e. The number of ether oxygens (including phenoxy) is 1. The third kappa shape index (κ3) is 7.75. The third-order valence-electron chi connectivity index (χ3n) is 3.62. The summed E-state index contributed by atoms with van der Waals surface area (Å²) in [5.74, 6) is 0.00488. The first-order valence-electron chi connectivity index (χ1n) is 9.38. The van der Waals surface area contributed by atoms with E-state index in [4.69, 9.17) is 64.7 Å². The summed E-state index contributed by atoms with van der Waals surface area (Å²) < 4.78 is 35.0. The number of hydrogen-bond acceptors (Lipinski definition) is 5. The molecular weight excluding hydrogens is 469 g/mol. The number of phosphoric ester groups is 1. The molecule has 0 bridgehead atoms. The zero-order valence-electron chi connectivity index (χ0n) is 16.4. The van der Waals surface area contributed by atoms with Gasteiger partial charge in [0.1, 0.15) is 20.1 Å². The Hall–Kier alpha value is 0.130. The van der Waals surface area contributed by atoms with Crippen molar-refractivity contribution < 1.29 is 22.9 Å². The first-order chi connectivity index (χ1) is 13.3. The highest BCUT2D eigenvalue weighted by atomic mass is 35.5. The Morgan fingerprint density at radius 1 is 0.679 bits per heavy atom. The van der Waals surface area contributed by atoms with Crippen molar-refractivity contribution in [3.63, 3.8) is 0 Å². The molecule has 162 valence electrons. The highest BCUT2D eigenvalue weighted by molar-refractivity contribution is 7.49. The van der Waals surface area contributed by atoms with Gasteiger partial charge in [-0.15, -0.1) is 0 Å². The maximum atomic E-state index is 13.1. The van der Waals surface area contributed by atoms with Gasteiger partial charge < -0.3 is 9.26 Å². The second kappa shape index (κ2) is 13.4. The minimum absolute atomic E-state index is 0.0239. The fourth-order valence-electron chi connectivity index (χ4n) is 1.96. The van der Waals surface area contributed by atoms with Crippen LogP contribution in [0.2, 0.25) is 20.1 Å². The van der Waals surface area contributed by atoms with Gasteiger partial charge in [0.15, 0.2) is 11.5 Å². The summed E-state index contributed by atoms with van der Waals surface area (Å²) in [5, 5.41) is -0.0892. The summed E-state index contributed by atoms with van der Waals surface area (Å²) >= 11 is 25.2. The molecule has 1 aromatic rings. The monoisotopic (exact) mass is 494 g/mol. The minimum Gasteiger partial charge on any atom is -0.490 e. The Kier molecular flexibility index (Phi) is 12.6. The normalized spacial score (nSPS) is 11.7. The van der Waals surface area contributed by atoms with E-state index in [0.717, 1.165) is 25.7 Å². The van der Waals surface area contributed by atoms with E-state index in [1.54, 1.807) is 0 Å². The van der Waals surface area contributed by atoms with Gasteiger partial charge in [-0.3, -0.25) is 9.05 Å². The van der Waals surface area contributed by atoms with Crippen molar-refractivity contribution in [2.24, 2.45) is 0 Å². The summed E-state index contributed by atoms with van der Waals surface area (Å²) in [4.78, 5) is 0. The molecule has 0 aliphatic carbocycles. The molecule has 0 aliphatic rings. The molecule has 0 heterocycles. The molecule has 0 saturated heterocycles. The summed E-state index contributed by atoms with van der Waals surface area (Å²) in [5.41, 5.74) is 0. The van der Waals surface area contributed by atoms with Crippen LogP contribution in [0.1, 0.15) is 59.3 Å². The molecule has 1 aromatic carbocycles. The van der Waals surface area contributed by atoms with Crippen molar-refractivity contribution in [2.75, 3.05) is 19.8 Å². The number of unbranched alkanes of at least 4 members (excludes halogenated alkanes) is 3. The molecule has 0 fully saturated rings. The van der Waals surface area contributed by atoms with Crippen LogP contribution in [0.25, 0.3) is 0 Å². The van der Waals surface area contributed by atoms with Crippen LogP contribution in [0.5, 0.6) is 11.5 Å². The van der Waals surface area contributed by atoms with Crippen LogP contribution in [0.3, 0.4) is 0 Å². The predicted molar refractivity (Wildman–Crippen MR) is 117 cm³/mol. The third-order valence-corrected chi connectivity index (χ3v) is 6.66. The van der Waals surface area contributed by atoms with Crippen molar-refractivity contribution in [1.29, 1.82) is 0 Å². The Balaban J connectivity index is 3.15. The SMILES string of the molecule is CCCCOc1c(Cl)c(Cl)c(OP(=O)(OCCCC)OCCCC)c(Cl)c1Cl. The van der Waals surface area contributed by atoms with Crippen LogP contribution in [0, 0.1) is 0 Å². The highest BCUT2D eigenvalue weighted by Gasteiger charge is 2.33. The number of halogens is 4. The Labute approximate surface area is 187 Å². The van der Waals surface area contributed by atoms with E-state index in [-0.39, 0.29) is 44.8 Å². The van der Waals surface area contributed by atoms with E-state index in [1.807, 2.05) is 20.8 Å². The van der Waals surface area contributed by atoms with Gasteiger partial charge in [0.05, 0.1) is 19.8 Å². The van der Waals surface area contributed by atoms with E-state index in [9.17, 15) is 4.57 Å². The van der Waals surface area contributed by atoms with Crippen LogP contribution >= 0.6 is 54.2 Å². The van der Waals surface area contributed by atoms with Gasteiger partial charge in [0.2, 0.25) is 0 Å². The minimum atomic E-state index is -3.96. The highest BCUT2D eigenvalue weighted by Crippen LogP contribution is 2.57. The molecule has 5 nitrogen and oxygen atoms in total. The van der Waals surface area contributed by atoms with Gasteiger partial charge in [-0.05, 0) is 19.3 Å². The Morgan fingerprint density at radius 2 is 1.07 bits per heavy atom. The number of benzene rings is 1. The van der Waals surface area contributed by atoms with Crippen LogP contribution in [0.15, 0.2) is 0 Å². The summed E-state index contributed by atoms with van der Waals surface area (Å²) in [6, 6.07) is 0. The standard InChI is InChI=1S/C18H27Cl4O5P/c1-4-7-10-24-17-13(19)15(21)18(16(22)14(17)20)27-28(23,25-11-8-5-2)26-12-9-6-3/h4-12H2,1-3H3. The zero-order chi connectivity index (χ0) is 21.2. The van der Waals surface area contributed by atoms with Crippen molar-refractivity contribution in [3.8, 4) is 11.5 Å². The number of phosphoric acid groups is 1. The lowest BCUT2D eigenvalue weighted by atomic mass is 10.3. The molecule has 0 aromatic heterocycles. The van der Waals surface area contributed by atoms with Crippen LogP contribution in [-0.4, -0.2) is 19.8 Å². The zero-order valence-corrected chi connectivity index (χ0v) is 20.3. The van der Waals surface area contributed by atoms with Crippen molar-refractivity contribution in [2.45, 2.75) is 59.3 Å². The van der Waals surface area contributed by atoms with Gasteiger partial charge >= 0.3 is 7.82 Å². The predicted octanol–water partition coefficient (Wildman–Crippen LogP) is 8.60.